The molecule has 1 aromatic carbocycles. The Bertz CT molecular complexity index is 486. The molecule has 1 aliphatic rings. The van der Waals surface area contributed by atoms with E-state index < -0.39 is 7.12 Å². The highest BCUT2D eigenvalue weighted by Gasteiger charge is 2.35. The van der Waals surface area contributed by atoms with Gasteiger partial charge in [0.15, 0.2) is 0 Å². The zero-order valence-corrected chi connectivity index (χ0v) is 9.38. The zero-order valence-electron chi connectivity index (χ0n) is 9.38. The van der Waals surface area contributed by atoms with Crippen LogP contribution in [0.2, 0.25) is 0 Å². The summed E-state index contributed by atoms with van der Waals surface area (Å²) in [6.45, 7) is 2.26. The molecule has 0 spiro atoms. The summed E-state index contributed by atoms with van der Waals surface area (Å²) in [6, 6.07) is 4.25. The monoisotopic (exact) mass is 233 g/mol. The van der Waals surface area contributed by atoms with Crippen LogP contribution >= 0.6 is 0 Å². The van der Waals surface area contributed by atoms with Gasteiger partial charge in [-0.05, 0) is 24.0 Å². The van der Waals surface area contributed by atoms with E-state index >= 15 is 0 Å². The molecule has 2 N–H and O–H groups in total. The number of rotatable bonds is 3. The van der Waals surface area contributed by atoms with Gasteiger partial charge in [0, 0.05) is 6.54 Å². The Balaban J connectivity index is 2.43. The lowest BCUT2D eigenvalue weighted by Gasteiger charge is -2.11. The summed E-state index contributed by atoms with van der Waals surface area (Å²) < 4.78 is 0. The molecule has 5 nitrogen and oxygen atoms in total. The van der Waals surface area contributed by atoms with Crippen LogP contribution < -0.4 is 5.46 Å². The maximum Gasteiger partial charge on any atom is 0.488 e. The van der Waals surface area contributed by atoms with Gasteiger partial charge < -0.3 is 10.0 Å². The highest BCUT2D eigenvalue weighted by atomic mass is 16.4. The number of benzene rings is 1. The highest BCUT2D eigenvalue weighted by Crippen LogP contribution is 2.21. The molecule has 88 valence electrons. The Morgan fingerprint density at radius 1 is 1.18 bits per heavy atom. The SMILES string of the molecule is CCCN1C(=O)c2ccc(B(O)O)cc2C1=O. The molecule has 0 fully saturated rings. The average Bonchev–Trinajstić information content (AvgIpc) is 2.54. The van der Waals surface area contributed by atoms with Crippen LogP contribution in [-0.4, -0.2) is 40.4 Å². The standard InChI is InChI=1S/C11H12BNO4/c1-2-5-13-10(14)8-4-3-7(12(16)17)6-9(8)11(13)15/h3-4,6,16-17H,2,5H2,1H3. The normalized spacial score (nSPS) is 14.2. The van der Waals surface area contributed by atoms with Crippen LogP contribution in [0, 0.1) is 0 Å². The molecule has 1 aromatic rings. The van der Waals surface area contributed by atoms with Gasteiger partial charge in [-0.2, -0.15) is 0 Å². The van der Waals surface area contributed by atoms with Crippen molar-refractivity contribution in [2.75, 3.05) is 6.54 Å². The van der Waals surface area contributed by atoms with Crippen molar-refractivity contribution < 1.29 is 19.6 Å². The molecule has 0 radical (unpaired) electrons. The topological polar surface area (TPSA) is 77.8 Å². The van der Waals surface area contributed by atoms with Gasteiger partial charge in [-0.15, -0.1) is 0 Å². The molecule has 6 heteroatoms. The van der Waals surface area contributed by atoms with Crippen molar-refractivity contribution >= 4 is 24.4 Å². The number of imide groups is 1. The lowest BCUT2D eigenvalue weighted by atomic mass is 9.79. The predicted octanol–water partition coefficient (Wildman–Crippen LogP) is -0.628. The van der Waals surface area contributed by atoms with Crippen molar-refractivity contribution in [1.82, 2.24) is 4.90 Å². The lowest BCUT2D eigenvalue weighted by molar-refractivity contribution is 0.0654. The van der Waals surface area contributed by atoms with Crippen LogP contribution in [-0.2, 0) is 0 Å². The summed E-state index contributed by atoms with van der Waals surface area (Å²) in [7, 11) is -1.64. The van der Waals surface area contributed by atoms with Crippen LogP contribution in [0.4, 0.5) is 0 Å². The van der Waals surface area contributed by atoms with Gasteiger partial charge in [0.1, 0.15) is 0 Å². The third-order valence-electron chi connectivity index (χ3n) is 2.74. The quantitative estimate of drug-likeness (QED) is 0.538. The number of nitrogens with zero attached hydrogens (tertiary/aromatic N) is 1. The van der Waals surface area contributed by atoms with Crippen molar-refractivity contribution in [3.05, 3.63) is 29.3 Å². The van der Waals surface area contributed by atoms with Crippen LogP contribution in [0.1, 0.15) is 34.1 Å². The van der Waals surface area contributed by atoms with Gasteiger partial charge in [-0.3, -0.25) is 14.5 Å². The Morgan fingerprint density at radius 3 is 2.41 bits per heavy atom. The van der Waals surface area contributed by atoms with Gasteiger partial charge in [0.2, 0.25) is 0 Å². The van der Waals surface area contributed by atoms with Crippen molar-refractivity contribution in [3.63, 3.8) is 0 Å². The van der Waals surface area contributed by atoms with Gasteiger partial charge in [0.05, 0.1) is 11.1 Å². The van der Waals surface area contributed by atoms with Crippen LogP contribution in [0.5, 0.6) is 0 Å². The Kier molecular flexibility index (Phi) is 3.00. The summed E-state index contributed by atoms with van der Waals surface area (Å²) in [5.74, 6) is -0.680. The fourth-order valence-corrected chi connectivity index (χ4v) is 1.90. The highest BCUT2D eigenvalue weighted by molar-refractivity contribution is 6.58. The fraction of sp³-hybridized carbons (Fsp3) is 0.273. The smallest absolute Gasteiger partial charge is 0.423 e. The average molecular weight is 233 g/mol. The first-order valence-electron chi connectivity index (χ1n) is 5.42. The third kappa shape index (κ3) is 1.85. The van der Waals surface area contributed by atoms with E-state index in [-0.39, 0.29) is 22.8 Å². The molecule has 2 amide bonds. The molecular weight excluding hydrogens is 221 g/mol. The second-order valence-corrected chi connectivity index (χ2v) is 3.94. The number of fused-ring (bicyclic) bond motifs is 1. The molecule has 0 saturated heterocycles. The van der Waals surface area contributed by atoms with Crippen LogP contribution in [0.3, 0.4) is 0 Å². The minimum Gasteiger partial charge on any atom is -0.423 e. The van der Waals surface area contributed by atoms with Crippen LogP contribution in [0.15, 0.2) is 18.2 Å². The first-order chi connectivity index (χ1) is 8.06. The fourth-order valence-electron chi connectivity index (χ4n) is 1.90. The molecular formula is C11H12BNO4. The van der Waals surface area contributed by atoms with Gasteiger partial charge in [-0.25, -0.2) is 0 Å². The van der Waals surface area contributed by atoms with E-state index in [1.807, 2.05) is 6.92 Å². The molecule has 1 aliphatic heterocycles. The Labute approximate surface area is 98.8 Å². The van der Waals surface area contributed by atoms with E-state index in [2.05, 4.69) is 0 Å². The second kappa shape index (κ2) is 4.31. The van der Waals surface area contributed by atoms with E-state index in [0.29, 0.717) is 18.5 Å². The molecule has 0 aliphatic carbocycles. The summed E-state index contributed by atoms with van der Waals surface area (Å²) in [5.41, 5.74) is 0.783. The maximum atomic E-state index is 11.9. The second-order valence-electron chi connectivity index (χ2n) is 3.94. The van der Waals surface area contributed by atoms with Crippen molar-refractivity contribution in [2.45, 2.75) is 13.3 Å². The largest absolute Gasteiger partial charge is 0.488 e. The molecule has 2 rings (SSSR count). The Morgan fingerprint density at radius 2 is 1.82 bits per heavy atom. The maximum absolute atomic E-state index is 11.9. The molecule has 0 bridgehead atoms. The lowest BCUT2D eigenvalue weighted by Crippen LogP contribution is -2.31. The van der Waals surface area contributed by atoms with E-state index in [1.54, 1.807) is 0 Å². The molecule has 17 heavy (non-hydrogen) atoms. The number of hydrogen-bond acceptors (Lipinski definition) is 4. The molecule has 1 heterocycles. The predicted molar refractivity (Wildman–Crippen MR) is 61.9 cm³/mol. The third-order valence-corrected chi connectivity index (χ3v) is 2.74. The van der Waals surface area contributed by atoms with Gasteiger partial charge in [-0.1, -0.05) is 13.0 Å². The molecule has 0 saturated carbocycles. The minimum absolute atomic E-state index is 0.211. The van der Waals surface area contributed by atoms with E-state index in [4.69, 9.17) is 10.0 Å². The molecule has 0 atom stereocenters. The zero-order chi connectivity index (χ0) is 12.6. The summed E-state index contributed by atoms with van der Waals surface area (Å²) >= 11 is 0. The molecule has 0 unspecified atom stereocenters. The summed E-state index contributed by atoms with van der Waals surface area (Å²) in [4.78, 5) is 25.0. The number of hydrogen-bond donors (Lipinski definition) is 2. The van der Waals surface area contributed by atoms with Crippen molar-refractivity contribution in [1.29, 1.82) is 0 Å². The summed E-state index contributed by atoms with van der Waals surface area (Å²) in [6.07, 6.45) is 0.695. The number of carbonyl (C=O) groups is 2. The molecule has 0 aromatic heterocycles. The van der Waals surface area contributed by atoms with Gasteiger partial charge >= 0.3 is 7.12 Å². The number of carbonyl (C=O) groups excluding carboxylic acids is 2. The number of amides is 2. The van der Waals surface area contributed by atoms with Crippen LogP contribution in [0.25, 0.3) is 0 Å². The first-order valence-corrected chi connectivity index (χ1v) is 5.42. The van der Waals surface area contributed by atoms with Crippen molar-refractivity contribution in [2.24, 2.45) is 0 Å². The summed E-state index contributed by atoms with van der Waals surface area (Å²) in [5, 5.41) is 18.0. The Hall–Kier alpha value is -1.66. The van der Waals surface area contributed by atoms with E-state index in [1.165, 1.54) is 23.1 Å². The minimum atomic E-state index is -1.64. The van der Waals surface area contributed by atoms with E-state index in [9.17, 15) is 9.59 Å². The van der Waals surface area contributed by atoms with E-state index in [0.717, 1.165) is 0 Å². The van der Waals surface area contributed by atoms with Gasteiger partial charge in [0.25, 0.3) is 11.8 Å². The first kappa shape index (κ1) is 11.8. The van der Waals surface area contributed by atoms with Crippen molar-refractivity contribution in [3.8, 4) is 0 Å².